The van der Waals surface area contributed by atoms with E-state index in [1.807, 2.05) is 0 Å². The lowest BCUT2D eigenvalue weighted by atomic mass is 9.84. The Morgan fingerprint density at radius 2 is 1.68 bits per heavy atom. The highest BCUT2D eigenvalue weighted by Crippen LogP contribution is 2.27. The first kappa shape index (κ1) is 13.6. The molecule has 19 heavy (non-hydrogen) atoms. The fourth-order valence-corrected chi connectivity index (χ4v) is 2.38. The van der Waals surface area contributed by atoms with Gasteiger partial charge in [0.05, 0.1) is 6.54 Å². The molecule has 0 spiro atoms. The molecule has 2 rings (SSSR count). The summed E-state index contributed by atoms with van der Waals surface area (Å²) in [5, 5.41) is 0. The number of ketones is 2. The van der Waals surface area contributed by atoms with Crippen LogP contribution in [0.2, 0.25) is 0 Å². The zero-order chi connectivity index (χ0) is 14.0. The number of carbonyl (C=O) groups excluding carboxylic acids is 2. The maximum atomic E-state index is 12.2. The molecule has 0 bridgehead atoms. The number of rotatable bonds is 4. The largest absolute Gasteiger partial charge is 0.289 e. The fourth-order valence-electron chi connectivity index (χ4n) is 2.38. The average molecular weight is 258 g/mol. The van der Waals surface area contributed by atoms with Gasteiger partial charge in [-0.3, -0.25) is 14.6 Å². The summed E-state index contributed by atoms with van der Waals surface area (Å²) in [4.78, 5) is 32.4. The highest BCUT2D eigenvalue weighted by molar-refractivity contribution is 6.24. The van der Waals surface area contributed by atoms with Crippen LogP contribution in [-0.4, -0.2) is 30.2 Å². The fraction of sp³-hybridized carbons (Fsp3) is 0.467. The highest BCUT2D eigenvalue weighted by Gasteiger charge is 2.27. The van der Waals surface area contributed by atoms with Crippen molar-refractivity contribution in [3.63, 3.8) is 0 Å². The Morgan fingerprint density at radius 1 is 1.00 bits per heavy atom. The number of nitrogens with zero attached hydrogens (tertiary/aromatic N) is 2. The number of hydrogen-bond acceptors (Lipinski definition) is 4. The van der Waals surface area contributed by atoms with Gasteiger partial charge in [0.15, 0.2) is 11.6 Å². The van der Waals surface area contributed by atoms with Crippen molar-refractivity contribution in [2.75, 3.05) is 6.54 Å². The van der Waals surface area contributed by atoms with E-state index in [9.17, 15) is 9.59 Å². The molecule has 0 unspecified atom stereocenters. The predicted octanol–water partition coefficient (Wildman–Crippen LogP) is 2.44. The molecule has 4 nitrogen and oxygen atoms in total. The molecule has 0 radical (unpaired) electrons. The Bertz CT molecular complexity index is 563. The monoisotopic (exact) mass is 258 g/mol. The molecule has 0 atom stereocenters. The molecule has 2 aliphatic rings. The molecule has 0 amide bonds. The zero-order valence-corrected chi connectivity index (χ0v) is 11.6. The molecule has 0 fully saturated rings. The van der Waals surface area contributed by atoms with E-state index in [1.165, 1.54) is 0 Å². The lowest BCUT2D eigenvalue weighted by Crippen LogP contribution is -2.20. The summed E-state index contributed by atoms with van der Waals surface area (Å²) in [7, 11) is 0. The van der Waals surface area contributed by atoms with Gasteiger partial charge in [0.1, 0.15) is 6.34 Å². The lowest BCUT2D eigenvalue weighted by Gasteiger charge is -2.18. The van der Waals surface area contributed by atoms with Gasteiger partial charge < -0.3 is 0 Å². The lowest BCUT2D eigenvalue weighted by molar-refractivity contribution is -0.116. The molecule has 0 N–H and O–H groups in total. The van der Waals surface area contributed by atoms with Crippen LogP contribution < -0.4 is 0 Å². The third-order valence-electron chi connectivity index (χ3n) is 3.80. The van der Waals surface area contributed by atoms with Gasteiger partial charge >= 0.3 is 0 Å². The van der Waals surface area contributed by atoms with Crippen LogP contribution in [0.15, 0.2) is 32.3 Å². The molecular formula is C15H18N2O2. The summed E-state index contributed by atoms with van der Waals surface area (Å²) in [5.74, 6) is 0.0350. The first-order chi connectivity index (χ1) is 9.02. The van der Waals surface area contributed by atoms with E-state index < -0.39 is 0 Å². The van der Waals surface area contributed by atoms with Crippen LogP contribution in [0.1, 0.15) is 40.0 Å². The predicted molar refractivity (Wildman–Crippen MR) is 75.7 cm³/mol. The van der Waals surface area contributed by atoms with Crippen LogP contribution in [0.4, 0.5) is 0 Å². The van der Waals surface area contributed by atoms with E-state index in [0.29, 0.717) is 35.3 Å². The second-order valence-corrected chi connectivity index (χ2v) is 5.02. The zero-order valence-electron chi connectivity index (χ0n) is 11.6. The summed E-state index contributed by atoms with van der Waals surface area (Å²) < 4.78 is 0. The summed E-state index contributed by atoms with van der Waals surface area (Å²) in [6, 6.07) is 0. The molecule has 4 heteroatoms. The molecule has 100 valence electrons. The summed E-state index contributed by atoms with van der Waals surface area (Å²) in [6.07, 6.45) is 3.88. The summed E-state index contributed by atoms with van der Waals surface area (Å²) in [6.45, 7) is 5.88. The van der Waals surface area contributed by atoms with Crippen LogP contribution in [-0.2, 0) is 9.59 Å². The van der Waals surface area contributed by atoms with Gasteiger partial charge in [-0.1, -0.05) is 0 Å². The minimum atomic E-state index is 0.00800. The minimum absolute atomic E-state index is 0.00800. The molecule has 0 aromatic carbocycles. The number of aliphatic imine (C=N–C) groups is 2. The Morgan fingerprint density at radius 3 is 2.32 bits per heavy atom. The van der Waals surface area contributed by atoms with Crippen LogP contribution in [0.25, 0.3) is 0 Å². The van der Waals surface area contributed by atoms with E-state index in [2.05, 4.69) is 9.98 Å². The van der Waals surface area contributed by atoms with Crippen LogP contribution in [0.5, 0.6) is 0 Å². The Hall–Kier alpha value is -1.84. The normalized spacial score (nSPS) is 19.6. The third kappa shape index (κ3) is 2.62. The first-order valence-electron chi connectivity index (χ1n) is 6.53. The molecule has 0 aromatic heterocycles. The maximum absolute atomic E-state index is 12.2. The van der Waals surface area contributed by atoms with Crippen LogP contribution >= 0.6 is 0 Å². The molecule has 0 saturated heterocycles. The Kier molecular flexibility index (Phi) is 3.88. The van der Waals surface area contributed by atoms with Crippen molar-refractivity contribution in [1.82, 2.24) is 0 Å². The number of carbonyl (C=O) groups is 2. The second-order valence-electron chi connectivity index (χ2n) is 5.02. The third-order valence-corrected chi connectivity index (χ3v) is 3.80. The van der Waals surface area contributed by atoms with Crippen LogP contribution in [0.3, 0.4) is 0 Å². The SMILES string of the molecule is CC1=C(C)C(=O)C(CCCC2=NC=NC2)=C(C)C1=O. The molecule has 1 aliphatic heterocycles. The van der Waals surface area contributed by atoms with Crippen molar-refractivity contribution in [2.45, 2.75) is 40.0 Å². The standard InChI is InChI=1S/C15H18N2O2/c1-9-10(2)15(19)13(11(3)14(9)18)6-4-5-12-7-16-8-17-12/h8H,4-7H2,1-3H3. The molecule has 1 aliphatic carbocycles. The van der Waals surface area contributed by atoms with Crippen molar-refractivity contribution in [3.8, 4) is 0 Å². The highest BCUT2D eigenvalue weighted by atomic mass is 16.1. The van der Waals surface area contributed by atoms with Gasteiger partial charge in [-0.05, 0) is 40.0 Å². The van der Waals surface area contributed by atoms with E-state index in [0.717, 1.165) is 18.6 Å². The van der Waals surface area contributed by atoms with Gasteiger partial charge in [-0.15, -0.1) is 0 Å². The minimum Gasteiger partial charge on any atom is -0.289 e. The summed E-state index contributed by atoms with van der Waals surface area (Å²) in [5.41, 5.74) is 3.51. The van der Waals surface area contributed by atoms with Gasteiger partial charge in [-0.2, -0.15) is 0 Å². The van der Waals surface area contributed by atoms with Crippen molar-refractivity contribution in [1.29, 1.82) is 0 Å². The molecule has 0 saturated carbocycles. The first-order valence-corrected chi connectivity index (χ1v) is 6.53. The quantitative estimate of drug-likeness (QED) is 0.727. The Balaban J connectivity index is 2.03. The molecule has 0 aromatic rings. The second kappa shape index (κ2) is 5.43. The smallest absolute Gasteiger partial charge is 0.185 e. The van der Waals surface area contributed by atoms with Crippen molar-refractivity contribution in [2.24, 2.45) is 9.98 Å². The Labute approximate surface area is 113 Å². The van der Waals surface area contributed by atoms with E-state index in [1.54, 1.807) is 27.1 Å². The van der Waals surface area contributed by atoms with Crippen molar-refractivity contribution in [3.05, 3.63) is 22.3 Å². The van der Waals surface area contributed by atoms with E-state index >= 15 is 0 Å². The average Bonchev–Trinajstić information content (AvgIpc) is 2.91. The number of Topliss-reactive ketones (excluding diaryl/α,β-unsaturated/α-hetero) is 2. The number of hydrogen-bond donors (Lipinski definition) is 0. The van der Waals surface area contributed by atoms with E-state index in [-0.39, 0.29) is 11.6 Å². The maximum Gasteiger partial charge on any atom is 0.185 e. The van der Waals surface area contributed by atoms with Gasteiger partial charge in [-0.25, -0.2) is 4.99 Å². The van der Waals surface area contributed by atoms with Crippen molar-refractivity contribution < 1.29 is 9.59 Å². The molecule has 1 heterocycles. The summed E-state index contributed by atoms with van der Waals surface area (Å²) >= 11 is 0. The van der Waals surface area contributed by atoms with Gasteiger partial charge in [0, 0.05) is 28.0 Å². The van der Waals surface area contributed by atoms with Gasteiger partial charge in [0.2, 0.25) is 0 Å². The van der Waals surface area contributed by atoms with Crippen molar-refractivity contribution >= 4 is 23.6 Å². The topological polar surface area (TPSA) is 58.9 Å². The van der Waals surface area contributed by atoms with E-state index in [4.69, 9.17) is 0 Å². The molecular weight excluding hydrogens is 240 g/mol. The number of allylic oxidation sites excluding steroid dienone is 4. The van der Waals surface area contributed by atoms with Crippen LogP contribution in [0, 0.1) is 0 Å². The van der Waals surface area contributed by atoms with Gasteiger partial charge in [0.25, 0.3) is 0 Å².